The average molecular weight is 352 g/mol. The van der Waals surface area contributed by atoms with E-state index in [1.807, 2.05) is 0 Å². The summed E-state index contributed by atoms with van der Waals surface area (Å²) in [6, 6.07) is 3.30. The molecule has 96 valence electrons. The molecule has 1 rings (SSSR count). The molecule has 1 amide bonds. The average Bonchev–Trinajstić information content (AvgIpc) is 2.82. The number of furan rings is 1. The van der Waals surface area contributed by atoms with Crippen molar-refractivity contribution < 1.29 is 9.21 Å². The highest BCUT2D eigenvalue weighted by molar-refractivity contribution is 14.0. The Kier molecular flexibility index (Phi) is 8.20. The summed E-state index contributed by atoms with van der Waals surface area (Å²) in [7, 11) is 3.46. The van der Waals surface area contributed by atoms with Gasteiger partial charge in [-0.1, -0.05) is 0 Å². The van der Waals surface area contributed by atoms with Gasteiger partial charge in [0.2, 0.25) is 0 Å². The number of halogens is 1. The van der Waals surface area contributed by atoms with E-state index in [1.165, 1.54) is 6.26 Å². The number of hydrogen-bond acceptors (Lipinski definition) is 3. The second kappa shape index (κ2) is 8.85. The van der Waals surface area contributed by atoms with Gasteiger partial charge in [0.25, 0.3) is 5.91 Å². The van der Waals surface area contributed by atoms with Gasteiger partial charge in [0.05, 0.1) is 6.26 Å². The zero-order valence-electron chi connectivity index (χ0n) is 9.82. The van der Waals surface area contributed by atoms with Crippen molar-refractivity contribution in [1.29, 1.82) is 0 Å². The minimum atomic E-state index is -0.216. The maximum atomic E-state index is 11.4. The van der Waals surface area contributed by atoms with Crippen molar-refractivity contribution in [2.24, 2.45) is 4.99 Å². The molecule has 0 aliphatic rings. The summed E-state index contributed by atoms with van der Waals surface area (Å²) in [5.74, 6) is 0.788. The first-order valence-electron chi connectivity index (χ1n) is 4.98. The van der Waals surface area contributed by atoms with Gasteiger partial charge >= 0.3 is 0 Å². The fraction of sp³-hybridized carbons (Fsp3) is 0.400. The van der Waals surface area contributed by atoms with E-state index >= 15 is 0 Å². The monoisotopic (exact) mass is 352 g/mol. The van der Waals surface area contributed by atoms with Crippen LogP contribution in [0.1, 0.15) is 10.6 Å². The minimum absolute atomic E-state index is 0. The van der Waals surface area contributed by atoms with Gasteiger partial charge in [-0.2, -0.15) is 0 Å². The lowest BCUT2D eigenvalue weighted by atomic mass is 10.4. The van der Waals surface area contributed by atoms with Crippen LogP contribution >= 0.6 is 24.0 Å². The second-order valence-electron chi connectivity index (χ2n) is 2.98. The smallest absolute Gasteiger partial charge is 0.287 e. The van der Waals surface area contributed by atoms with Gasteiger partial charge < -0.3 is 20.4 Å². The molecule has 0 fully saturated rings. The minimum Gasteiger partial charge on any atom is -0.459 e. The van der Waals surface area contributed by atoms with Crippen LogP contribution in [0.4, 0.5) is 0 Å². The van der Waals surface area contributed by atoms with Crippen LogP contribution in [-0.4, -0.2) is 39.1 Å². The number of nitrogens with zero attached hydrogens (tertiary/aromatic N) is 1. The van der Waals surface area contributed by atoms with Crippen LogP contribution < -0.4 is 16.0 Å². The Labute approximate surface area is 117 Å². The first-order chi connectivity index (χ1) is 7.77. The van der Waals surface area contributed by atoms with Gasteiger partial charge in [0.15, 0.2) is 11.7 Å². The molecule has 0 aliphatic carbocycles. The number of rotatable bonds is 4. The van der Waals surface area contributed by atoms with Crippen LogP contribution in [0.15, 0.2) is 27.8 Å². The molecule has 0 atom stereocenters. The fourth-order valence-corrected chi connectivity index (χ4v) is 1.13. The van der Waals surface area contributed by atoms with Crippen molar-refractivity contribution in [2.45, 2.75) is 0 Å². The van der Waals surface area contributed by atoms with Crippen LogP contribution in [0.2, 0.25) is 0 Å². The number of nitrogens with one attached hydrogen (secondary N) is 3. The molecule has 0 aliphatic heterocycles. The number of carbonyl (C=O) groups excluding carboxylic acids is 1. The van der Waals surface area contributed by atoms with Gasteiger partial charge in [-0.25, -0.2) is 0 Å². The van der Waals surface area contributed by atoms with E-state index in [9.17, 15) is 4.79 Å². The molecule has 1 aromatic heterocycles. The van der Waals surface area contributed by atoms with Crippen LogP contribution in [0.3, 0.4) is 0 Å². The Morgan fingerprint density at radius 2 is 2.12 bits per heavy atom. The van der Waals surface area contributed by atoms with E-state index < -0.39 is 0 Å². The molecule has 17 heavy (non-hydrogen) atoms. The van der Waals surface area contributed by atoms with E-state index in [2.05, 4.69) is 20.9 Å². The second-order valence-corrected chi connectivity index (χ2v) is 2.98. The predicted octanol–water partition coefficient (Wildman–Crippen LogP) is 0.422. The lowest BCUT2D eigenvalue weighted by molar-refractivity contribution is 0.0926. The predicted molar refractivity (Wildman–Crippen MR) is 76.9 cm³/mol. The highest BCUT2D eigenvalue weighted by Crippen LogP contribution is 1.98. The van der Waals surface area contributed by atoms with Crippen molar-refractivity contribution in [3.8, 4) is 0 Å². The van der Waals surface area contributed by atoms with Crippen molar-refractivity contribution in [3.63, 3.8) is 0 Å². The molecule has 1 heterocycles. The van der Waals surface area contributed by atoms with Crippen LogP contribution in [0.25, 0.3) is 0 Å². The molecular formula is C10H17IN4O2. The van der Waals surface area contributed by atoms with E-state index in [-0.39, 0.29) is 29.9 Å². The largest absolute Gasteiger partial charge is 0.459 e. The molecule has 0 bridgehead atoms. The number of guanidine groups is 1. The molecule has 3 N–H and O–H groups in total. The summed E-state index contributed by atoms with van der Waals surface area (Å²) in [5.41, 5.74) is 0. The molecule has 0 unspecified atom stereocenters. The topological polar surface area (TPSA) is 78.7 Å². The molecular weight excluding hydrogens is 335 g/mol. The molecule has 0 spiro atoms. The Bertz CT molecular complexity index is 351. The molecule has 0 saturated heterocycles. The summed E-state index contributed by atoms with van der Waals surface area (Å²) in [5, 5.41) is 8.60. The third-order valence-corrected chi connectivity index (χ3v) is 1.91. The summed E-state index contributed by atoms with van der Waals surface area (Å²) < 4.78 is 4.95. The molecule has 1 aromatic rings. The van der Waals surface area contributed by atoms with E-state index in [4.69, 9.17) is 4.42 Å². The van der Waals surface area contributed by atoms with E-state index in [1.54, 1.807) is 26.2 Å². The van der Waals surface area contributed by atoms with Crippen molar-refractivity contribution >= 4 is 35.8 Å². The summed E-state index contributed by atoms with van der Waals surface area (Å²) >= 11 is 0. The van der Waals surface area contributed by atoms with E-state index in [0.29, 0.717) is 24.8 Å². The SMILES string of the molecule is CN=C(NC)NCCNC(=O)c1ccco1.I. The maximum Gasteiger partial charge on any atom is 0.287 e. The van der Waals surface area contributed by atoms with E-state index in [0.717, 1.165) is 0 Å². The Morgan fingerprint density at radius 1 is 1.41 bits per heavy atom. The maximum absolute atomic E-state index is 11.4. The Morgan fingerprint density at radius 3 is 2.65 bits per heavy atom. The molecule has 7 heteroatoms. The Hall–Kier alpha value is -1.25. The zero-order valence-corrected chi connectivity index (χ0v) is 12.1. The first-order valence-corrected chi connectivity index (χ1v) is 4.98. The van der Waals surface area contributed by atoms with Crippen LogP contribution in [-0.2, 0) is 0 Å². The first kappa shape index (κ1) is 15.8. The normalized spacial score (nSPS) is 10.4. The van der Waals surface area contributed by atoms with Gasteiger partial charge in [0, 0.05) is 27.2 Å². The fourth-order valence-electron chi connectivity index (χ4n) is 1.13. The number of aliphatic imine (C=N–C) groups is 1. The lowest BCUT2D eigenvalue weighted by Crippen LogP contribution is -2.39. The van der Waals surface area contributed by atoms with Crippen LogP contribution in [0, 0.1) is 0 Å². The van der Waals surface area contributed by atoms with Crippen molar-refractivity contribution in [3.05, 3.63) is 24.2 Å². The highest BCUT2D eigenvalue weighted by Gasteiger charge is 2.06. The number of carbonyl (C=O) groups is 1. The zero-order chi connectivity index (χ0) is 11.8. The molecule has 0 saturated carbocycles. The quantitative estimate of drug-likeness (QED) is 0.318. The lowest BCUT2D eigenvalue weighted by Gasteiger charge is -2.08. The van der Waals surface area contributed by atoms with Crippen LogP contribution in [0.5, 0.6) is 0 Å². The molecule has 6 nitrogen and oxygen atoms in total. The summed E-state index contributed by atoms with van der Waals surface area (Å²) in [4.78, 5) is 15.3. The summed E-state index contributed by atoms with van der Waals surface area (Å²) in [6.07, 6.45) is 1.47. The van der Waals surface area contributed by atoms with Crippen molar-refractivity contribution in [1.82, 2.24) is 16.0 Å². The third kappa shape index (κ3) is 5.57. The van der Waals surface area contributed by atoms with Crippen molar-refractivity contribution in [2.75, 3.05) is 27.2 Å². The number of amides is 1. The third-order valence-electron chi connectivity index (χ3n) is 1.91. The Balaban J connectivity index is 0.00000256. The highest BCUT2D eigenvalue weighted by atomic mass is 127. The molecule has 0 radical (unpaired) electrons. The summed E-state index contributed by atoms with van der Waals surface area (Å²) in [6.45, 7) is 1.10. The van der Waals surface area contributed by atoms with Gasteiger partial charge in [0.1, 0.15) is 0 Å². The standard InChI is InChI=1S/C10H16N4O2.HI/c1-11-10(12-2)14-6-5-13-9(15)8-4-3-7-16-8;/h3-4,7H,5-6H2,1-2H3,(H,13,15)(H2,11,12,14);1H. The van der Waals surface area contributed by atoms with Gasteiger partial charge in [-0.05, 0) is 12.1 Å². The van der Waals surface area contributed by atoms with Gasteiger partial charge in [-0.3, -0.25) is 9.79 Å². The van der Waals surface area contributed by atoms with Gasteiger partial charge in [-0.15, -0.1) is 24.0 Å². The molecule has 0 aromatic carbocycles. The number of hydrogen-bond donors (Lipinski definition) is 3.